The van der Waals surface area contributed by atoms with Crippen LogP contribution in [-0.4, -0.2) is 33.6 Å². The van der Waals surface area contributed by atoms with Crippen LogP contribution in [-0.2, 0) is 21.8 Å². The standard InChI is InChI=1S/C15H19N3O2S2/c1-4-18-13(9-21-12-7-5-11(2)6-8-12)16-17-15(18)22-10-14(19)20-3/h5-8H,4,9-10H2,1-3H3. The van der Waals surface area contributed by atoms with E-state index in [1.165, 1.54) is 29.3 Å². The topological polar surface area (TPSA) is 57.0 Å². The lowest BCUT2D eigenvalue weighted by Crippen LogP contribution is -2.06. The van der Waals surface area contributed by atoms with Gasteiger partial charge in [-0.05, 0) is 26.0 Å². The molecule has 2 aromatic rings. The number of ether oxygens (including phenoxy) is 1. The first-order chi connectivity index (χ1) is 10.6. The zero-order chi connectivity index (χ0) is 15.9. The molecule has 0 aliphatic carbocycles. The molecule has 1 heterocycles. The van der Waals surface area contributed by atoms with Gasteiger partial charge in [0.05, 0.1) is 18.6 Å². The van der Waals surface area contributed by atoms with Gasteiger partial charge in [-0.1, -0.05) is 29.5 Å². The van der Waals surface area contributed by atoms with Gasteiger partial charge < -0.3 is 9.30 Å². The minimum atomic E-state index is -0.258. The average Bonchev–Trinajstić information content (AvgIpc) is 2.94. The molecular formula is C15H19N3O2S2. The summed E-state index contributed by atoms with van der Waals surface area (Å²) in [6.07, 6.45) is 0. The van der Waals surface area contributed by atoms with E-state index in [2.05, 4.69) is 46.1 Å². The van der Waals surface area contributed by atoms with Crippen molar-refractivity contribution < 1.29 is 9.53 Å². The van der Waals surface area contributed by atoms with Crippen LogP contribution < -0.4 is 0 Å². The van der Waals surface area contributed by atoms with E-state index in [9.17, 15) is 4.79 Å². The summed E-state index contributed by atoms with van der Waals surface area (Å²) in [6.45, 7) is 4.90. The SMILES string of the molecule is CCn1c(CSc2ccc(C)cc2)nnc1SCC(=O)OC. The quantitative estimate of drug-likeness (QED) is 0.571. The van der Waals surface area contributed by atoms with Gasteiger partial charge >= 0.3 is 5.97 Å². The van der Waals surface area contributed by atoms with Gasteiger partial charge in [0.15, 0.2) is 5.16 Å². The smallest absolute Gasteiger partial charge is 0.316 e. The number of thioether (sulfide) groups is 2. The largest absolute Gasteiger partial charge is 0.468 e. The molecule has 1 aromatic carbocycles. The van der Waals surface area contributed by atoms with Gasteiger partial charge in [-0.25, -0.2) is 0 Å². The number of rotatable bonds is 7. The summed E-state index contributed by atoms with van der Waals surface area (Å²) in [4.78, 5) is 12.4. The van der Waals surface area contributed by atoms with E-state index in [-0.39, 0.29) is 11.7 Å². The Hall–Kier alpha value is -1.47. The number of esters is 1. The number of benzene rings is 1. The molecule has 22 heavy (non-hydrogen) atoms. The van der Waals surface area contributed by atoms with E-state index < -0.39 is 0 Å². The van der Waals surface area contributed by atoms with E-state index in [1.54, 1.807) is 11.8 Å². The number of methoxy groups -OCH3 is 1. The molecule has 0 bridgehead atoms. The van der Waals surface area contributed by atoms with Gasteiger partial charge in [-0.2, -0.15) is 0 Å². The summed E-state index contributed by atoms with van der Waals surface area (Å²) >= 11 is 3.08. The first-order valence-electron chi connectivity index (χ1n) is 6.95. The van der Waals surface area contributed by atoms with Crippen molar-refractivity contribution in [1.29, 1.82) is 0 Å². The predicted octanol–water partition coefficient (Wildman–Crippen LogP) is 3.16. The average molecular weight is 337 g/mol. The number of hydrogen-bond donors (Lipinski definition) is 0. The van der Waals surface area contributed by atoms with Gasteiger partial charge in [-0.15, -0.1) is 22.0 Å². The van der Waals surface area contributed by atoms with Crippen LogP contribution in [0.25, 0.3) is 0 Å². The highest BCUT2D eigenvalue weighted by molar-refractivity contribution is 7.99. The molecule has 0 atom stereocenters. The first kappa shape index (κ1) is 16.9. The van der Waals surface area contributed by atoms with Crippen LogP contribution in [0.4, 0.5) is 0 Å². The summed E-state index contributed by atoms with van der Waals surface area (Å²) in [7, 11) is 1.39. The second-order valence-corrected chi connectivity index (χ2v) is 6.60. The molecule has 0 unspecified atom stereocenters. The Labute approximate surface area is 138 Å². The normalized spacial score (nSPS) is 10.7. The zero-order valence-electron chi connectivity index (χ0n) is 12.9. The summed E-state index contributed by atoms with van der Waals surface area (Å²) in [6, 6.07) is 8.42. The van der Waals surface area contributed by atoms with Crippen molar-refractivity contribution in [2.75, 3.05) is 12.9 Å². The molecule has 7 heteroatoms. The monoisotopic (exact) mass is 337 g/mol. The summed E-state index contributed by atoms with van der Waals surface area (Å²) in [5, 5.41) is 9.17. The lowest BCUT2D eigenvalue weighted by molar-refractivity contribution is -0.137. The first-order valence-corrected chi connectivity index (χ1v) is 8.92. The number of carbonyl (C=O) groups excluding carboxylic acids is 1. The second-order valence-electron chi connectivity index (χ2n) is 4.61. The Bertz CT molecular complexity index is 626. The van der Waals surface area contributed by atoms with Gasteiger partial charge in [0, 0.05) is 11.4 Å². The summed E-state index contributed by atoms with van der Waals surface area (Å²) in [5.41, 5.74) is 1.25. The van der Waals surface area contributed by atoms with Crippen LogP contribution in [0.1, 0.15) is 18.3 Å². The van der Waals surface area contributed by atoms with Gasteiger partial charge in [0.25, 0.3) is 0 Å². The highest BCUT2D eigenvalue weighted by atomic mass is 32.2. The summed E-state index contributed by atoms with van der Waals surface area (Å²) in [5.74, 6) is 1.66. The molecular weight excluding hydrogens is 318 g/mol. The molecule has 0 aliphatic heterocycles. The third-order valence-corrected chi connectivity index (χ3v) is 4.99. The molecule has 0 fully saturated rings. The van der Waals surface area contributed by atoms with Crippen molar-refractivity contribution in [2.24, 2.45) is 0 Å². The third kappa shape index (κ3) is 4.51. The third-order valence-electron chi connectivity index (χ3n) is 3.05. The lowest BCUT2D eigenvalue weighted by atomic mass is 10.2. The summed E-state index contributed by atoms with van der Waals surface area (Å²) < 4.78 is 6.68. The molecule has 0 saturated carbocycles. The second kappa shape index (κ2) is 8.24. The maximum atomic E-state index is 11.2. The number of carbonyl (C=O) groups is 1. The van der Waals surface area contributed by atoms with Crippen LogP contribution in [0.3, 0.4) is 0 Å². The van der Waals surface area contributed by atoms with E-state index in [0.29, 0.717) is 0 Å². The predicted molar refractivity (Wildman–Crippen MR) is 89.2 cm³/mol. The van der Waals surface area contributed by atoms with Gasteiger partial charge in [0.2, 0.25) is 0 Å². The Morgan fingerprint density at radius 2 is 1.95 bits per heavy atom. The maximum absolute atomic E-state index is 11.2. The minimum absolute atomic E-state index is 0.250. The van der Waals surface area contributed by atoms with Gasteiger partial charge in [-0.3, -0.25) is 4.79 Å². The minimum Gasteiger partial charge on any atom is -0.468 e. The molecule has 118 valence electrons. The molecule has 0 N–H and O–H groups in total. The van der Waals surface area contributed by atoms with Crippen molar-refractivity contribution in [3.63, 3.8) is 0 Å². The fourth-order valence-electron chi connectivity index (χ4n) is 1.81. The fourth-order valence-corrected chi connectivity index (χ4v) is 3.51. The highest BCUT2D eigenvalue weighted by Crippen LogP contribution is 2.24. The Balaban J connectivity index is 2.00. The molecule has 0 spiro atoms. The van der Waals surface area contributed by atoms with Crippen molar-refractivity contribution >= 4 is 29.5 Å². The van der Waals surface area contributed by atoms with Crippen molar-refractivity contribution in [1.82, 2.24) is 14.8 Å². The highest BCUT2D eigenvalue weighted by Gasteiger charge is 2.13. The number of nitrogens with zero attached hydrogens (tertiary/aromatic N) is 3. The van der Waals surface area contributed by atoms with Crippen LogP contribution in [0, 0.1) is 6.92 Å². The molecule has 1 aromatic heterocycles. The molecule has 2 rings (SSSR count). The molecule has 0 amide bonds. The van der Waals surface area contributed by atoms with E-state index in [4.69, 9.17) is 0 Å². The molecule has 0 radical (unpaired) electrons. The zero-order valence-corrected chi connectivity index (χ0v) is 14.5. The van der Waals surface area contributed by atoms with Crippen LogP contribution in [0.15, 0.2) is 34.3 Å². The van der Waals surface area contributed by atoms with Gasteiger partial charge in [0.1, 0.15) is 5.82 Å². The maximum Gasteiger partial charge on any atom is 0.316 e. The molecule has 0 saturated heterocycles. The molecule has 0 aliphatic rings. The number of hydrogen-bond acceptors (Lipinski definition) is 6. The van der Waals surface area contributed by atoms with Crippen molar-refractivity contribution in [2.45, 2.75) is 36.2 Å². The number of aryl methyl sites for hydroxylation is 1. The number of aromatic nitrogens is 3. The van der Waals surface area contributed by atoms with Crippen molar-refractivity contribution in [3.05, 3.63) is 35.7 Å². The van der Waals surface area contributed by atoms with Crippen molar-refractivity contribution in [3.8, 4) is 0 Å². The van der Waals surface area contributed by atoms with Crippen LogP contribution >= 0.6 is 23.5 Å². The molecule has 5 nitrogen and oxygen atoms in total. The van der Waals surface area contributed by atoms with Crippen LogP contribution in [0.2, 0.25) is 0 Å². The lowest BCUT2D eigenvalue weighted by Gasteiger charge is -2.07. The van der Waals surface area contributed by atoms with E-state index in [1.807, 2.05) is 11.5 Å². The van der Waals surface area contributed by atoms with E-state index >= 15 is 0 Å². The van der Waals surface area contributed by atoms with Crippen LogP contribution in [0.5, 0.6) is 0 Å². The Morgan fingerprint density at radius 3 is 2.59 bits per heavy atom. The Kier molecular flexibility index (Phi) is 6.33. The Morgan fingerprint density at radius 1 is 1.23 bits per heavy atom. The fraction of sp³-hybridized carbons (Fsp3) is 0.400. The van der Waals surface area contributed by atoms with E-state index in [0.717, 1.165) is 23.3 Å².